The number of quaternary nitrogens is 1. The number of hydrogen-bond acceptors (Lipinski definition) is 3. The summed E-state index contributed by atoms with van der Waals surface area (Å²) in [4.78, 5) is 0. The van der Waals surface area contributed by atoms with Crippen LogP contribution in [0, 0.1) is 5.21 Å². The molecule has 17 heavy (non-hydrogen) atoms. The van der Waals surface area contributed by atoms with Crippen molar-refractivity contribution < 1.29 is 14.9 Å². The molecule has 0 aliphatic carbocycles. The molecule has 1 unspecified atom stereocenters. The van der Waals surface area contributed by atoms with Crippen LogP contribution in [-0.2, 0) is 0 Å². The van der Waals surface area contributed by atoms with Crippen molar-refractivity contribution in [2.75, 3.05) is 7.11 Å². The van der Waals surface area contributed by atoms with Gasteiger partial charge in [0.2, 0.25) is 0 Å². The van der Waals surface area contributed by atoms with E-state index in [0.717, 1.165) is 0 Å². The van der Waals surface area contributed by atoms with E-state index in [1.165, 1.54) is 12.1 Å². The highest BCUT2D eigenvalue weighted by molar-refractivity contribution is 5.42. The molecule has 0 saturated heterocycles. The lowest BCUT2D eigenvalue weighted by atomic mass is 10.2. The summed E-state index contributed by atoms with van der Waals surface area (Å²) >= 11 is 0. The first kappa shape index (κ1) is 11.4. The number of aromatic hydroxyl groups is 1. The summed E-state index contributed by atoms with van der Waals surface area (Å²) in [6.45, 7) is 0. The topological polar surface area (TPSA) is 57.0 Å². The van der Waals surface area contributed by atoms with E-state index >= 15 is 0 Å². The van der Waals surface area contributed by atoms with Gasteiger partial charge in [-0.15, -0.1) is 0 Å². The molecule has 0 amide bonds. The zero-order valence-electron chi connectivity index (χ0n) is 9.38. The lowest BCUT2D eigenvalue weighted by Gasteiger charge is -2.21. The monoisotopic (exact) mass is 231 g/mol. The van der Waals surface area contributed by atoms with Gasteiger partial charge in [-0.2, -0.15) is 0 Å². The highest BCUT2D eigenvalue weighted by atomic mass is 16.5. The molecule has 88 valence electrons. The number of benzene rings is 2. The van der Waals surface area contributed by atoms with Gasteiger partial charge in [-0.3, -0.25) is 0 Å². The zero-order chi connectivity index (χ0) is 12.3. The minimum atomic E-state index is -0.0762. The van der Waals surface area contributed by atoms with Crippen LogP contribution in [0.5, 0.6) is 11.5 Å². The molecule has 0 spiro atoms. The summed E-state index contributed by atoms with van der Waals surface area (Å²) in [6.07, 6.45) is 0. The van der Waals surface area contributed by atoms with Crippen molar-refractivity contribution >= 4 is 11.4 Å². The zero-order valence-corrected chi connectivity index (χ0v) is 9.38. The highest BCUT2D eigenvalue weighted by Crippen LogP contribution is 2.15. The van der Waals surface area contributed by atoms with Crippen LogP contribution in [0.3, 0.4) is 0 Å². The van der Waals surface area contributed by atoms with Crippen LogP contribution in [-0.4, -0.2) is 12.2 Å². The number of hydrogen-bond donors (Lipinski definition) is 2. The fourth-order valence-electron chi connectivity index (χ4n) is 1.52. The molecular formula is C13H13NO3. The van der Waals surface area contributed by atoms with E-state index in [1.807, 2.05) is 0 Å². The molecule has 1 atom stereocenters. The Bertz CT molecular complexity index is 479. The lowest BCUT2D eigenvalue weighted by Crippen LogP contribution is -2.96. The van der Waals surface area contributed by atoms with Crippen molar-refractivity contribution in [1.82, 2.24) is 0 Å². The van der Waals surface area contributed by atoms with Gasteiger partial charge in [0, 0.05) is 24.3 Å². The van der Waals surface area contributed by atoms with Gasteiger partial charge in [0.15, 0.2) is 0 Å². The highest BCUT2D eigenvalue weighted by Gasteiger charge is 2.06. The van der Waals surface area contributed by atoms with Gasteiger partial charge in [-0.05, 0) is 24.3 Å². The van der Waals surface area contributed by atoms with Crippen LogP contribution in [0.2, 0.25) is 0 Å². The van der Waals surface area contributed by atoms with Crippen LogP contribution < -0.4 is 9.80 Å². The SMILES string of the molecule is COc1ccc([NH+]([O-])c2ccc(O)cc2)cc1. The van der Waals surface area contributed by atoms with Crippen molar-refractivity contribution in [1.29, 1.82) is 0 Å². The molecule has 0 heterocycles. The van der Waals surface area contributed by atoms with Gasteiger partial charge in [-0.25, -0.2) is 0 Å². The van der Waals surface area contributed by atoms with Crippen molar-refractivity contribution in [2.45, 2.75) is 0 Å². The molecule has 0 aromatic heterocycles. The van der Waals surface area contributed by atoms with E-state index < -0.39 is 0 Å². The molecule has 0 fully saturated rings. The van der Waals surface area contributed by atoms with E-state index in [4.69, 9.17) is 9.84 Å². The molecule has 2 aromatic rings. The number of methoxy groups -OCH3 is 1. The number of ether oxygens (including phenoxy) is 1. The van der Waals surface area contributed by atoms with Crippen LogP contribution in [0.15, 0.2) is 48.5 Å². The molecular weight excluding hydrogens is 218 g/mol. The van der Waals surface area contributed by atoms with Crippen LogP contribution in [0.4, 0.5) is 11.4 Å². The van der Waals surface area contributed by atoms with E-state index in [0.29, 0.717) is 17.1 Å². The molecule has 4 nitrogen and oxygen atoms in total. The fraction of sp³-hybridized carbons (Fsp3) is 0.0769. The quantitative estimate of drug-likeness (QED) is 0.625. The molecule has 2 rings (SSSR count). The van der Waals surface area contributed by atoms with Gasteiger partial charge >= 0.3 is 0 Å². The molecule has 0 saturated carbocycles. The first-order valence-electron chi connectivity index (χ1n) is 5.18. The first-order chi connectivity index (χ1) is 8.20. The predicted octanol–water partition coefficient (Wildman–Crippen LogP) is 1.75. The van der Waals surface area contributed by atoms with Crippen LogP contribution in [0.25, 0.3) is 0 Å². The summed E-state index contributed by atoms with van der Waals surface area (Å²) in [7, 11) is 1.58. The van der Waals surface area contributed by atoms with Crippen molar-refractivity contribution in [3.8, 4) is 11.5 Å². The number of phenolic OH excluding ortho intramolecular Hbond substituents is 1. The Morgan fingerprint density at radius 2 is 1.41 bits per heavy atom. The summed E-state index contributed by atoms with van der Waals surface area (Å²) in [5.74, 6) is 0.864. The fourth-order valence-corrected chi connectivity index (χ4v) is 1.52. The van der Waals surface area contributed by atoms with Crippen LogP contribution in [0.1, 0.15) is 0 Å². The number of rotatable bonds is 3. The number of phenols is 1. The average molecular weight is 231 g/mol. The molecule has 2 N–H and O–H groups in total. The van der Waals surface area contributed by atoms with Crippen molar-refractivity contribution in [3.63, 3.8) is 0 Å². The minimum absolute atomic E-state index is 0.0762. The van der Waals surface area contributed by atoms with E-state index in [-0.39, 0.29) is 10.8 Å². The van der Waals surface area contributed by atoms with Gasteiger partial charge in [0.05, 0.1) is 7.11 Å². The van der Waals surface area contributed by atoms with E-state index in [1.54, 1.807) is 43.5 Å². The summed E-state index contributed by atoms with van der Waals surface area (Å²) in [5.41, 5.74) is 1.14. The third-order valence-corrected chi connectivity index (χ3v) is 2.48. The van der Waals surface area contributed by atoms with Gasteiger partial charge < -0.3 is 20.1 Å². The smallest absolute Gasteiger partial charge is 0.136 e. The second kappa shape index (κ2) is 4.86. The second-order valence-corrected chi connectivity index (χ2v) is 3.60. The normalized spacial score (nSPS) is 12.1. The predicted molar refractivity (Wildman–Crippen MR) is 64.8 cm³/mol. The Labute approximate surface area is 99.3 Å². The summed E-state index contributed by atoms with van der Waals surface area (Å²) in [6, 6.07) is 13.1. The van der Waals surface area contributed by atoms with Crippen molar-refractivity contribution in [2.24, 2.45) is 0 Å². The maximum absolute atomic E-state index is 12.0. The van der Waals surface area contributed by atoms with E-state index in [2.05, 4.69) is 0 Å². The number of nitrogens with one attached hydrogen (secondary N) is 1. The van der Waals surface area contributed by atoms with Gasteiger partial charge in [0.1, 0.15) is 22.9 Å². The van der Waals surface area contributed by atoms with Crippen LogP contribution >= 0.6 is 0 Å². The third-order valence-electron chi connectivity index (χ3n) is 2.48. The molecule has 2 aromatic carbocycles. The Balaban J connectivity index is 2.23. The second-order valence-electron chi connectivity index (χ2n) is 3.60. The Morgan fingerprint density at radius 3 is 1.88 bits per heavy atom. The van der Waals surface area contributed by atoms with Crippen molar-refractivity contribution in [3.05, 3.63) is 53.7 Å². The molecule has 0 aliphatic heterocycles. The molecule has 0 bridgehead atoms. The Morgan fingerprint density at radius 1 is 0.941 bits per heavy atom. The maximum Gasteiger partial charge on any atom is 0.136 e. The minimum Gasteiger partial charge on any atom is -0.623 e. The lowest BCUT2D eigenvalue weighted by molar-refractivity contribution is -0.698. The molecule has 4 heteroatoms. The standard InChI is InChI=1S/C13H13NO3/c1-17-13-8-4-11(5-9-13)14(16)10-2-6-12(15)7-3-10/h2-9,14-15H,1H3. The molecule has 0 aliphatic rings. The van der Waals surface area contributed by atoms with Gasteiger partial charge in [-0.1, -0.05) is 0 Å². The first-order valence-corrected chi connectivity index (χ1v) is 5.18. The van der Waals surface area contributed by atoms with Gasteiger partial charge in [0.25, 0.3) is 0 Å². The maximum atomic E-state index is 12.0. The Hall–Kier alpha value is -2.04. The summed E-state index contributed by atoms with van der Waals surface area (Å²) in [5, 5.41) is 21.1. The van der Waals surface area contributed by atoms with E-state index in [9.17, 15) is 5.21 Å². The molecule has 0 radical (unpaired) electrons. The Kier molecular flexibility index (Phi) is 3.27. The largest absolute Gasteiger partial charge is 0.623 e. The third kappa shape index (κ3) is 2.55. The summed E-state index contributed by atoms with van der Waals surface area (Å²) < 4.78 is 5.03. The average Bonchev–Trinajstić information content (AvgIpc) is 2.39.